The quantitative estimate of drug-likeness (QED) is 0.747. The van der Waals surface area contributed by atoms with Gasteiger partial charge in [0.1, 0.15) is 4.83 Å². The van der Waals surface area contributed by atoms with Gasteiger partial charge in [-0.3, -0.25) is 4.79 Å². The van der Waals surface area contributed by atoms with Gasteiger partial charge in [-0.2, -0.15) is 0 Å². The van der Waals surface area contributed by atoms with Crippen LogP contribution in [0.3, 0.4) is 0 Å². The Balaban J connectivity index is 0. The number of hydrogen-bond donors (Lipinski definition) is 1. The molecular formula is C5H10BrClO3. The lowest BCUT2D eigenvalue weighted by atomic mass is 10.3. The molecule has 2 unspecified atom stereocenters. The summed E-state index contributed by atoms with van der Waals surface area (Å²) in [4.78, 5) is 9.56. The Bertz CT molecular complexity index is 109. The summed E-state index contributed by atoms with van der Waals surface area (Å²) < 4.78 is 4.75. The first-order chi connectivity index (χ1) is 4.09. The van der Waals surface area contributed by atoms with Gasteiger partial charge in [0.25, 0.3) is 0 Å². The van der Waals surface area contributed by atoms with Crippen molar-refractivity contribution in [2.24, 2.45) is 0 Å². The van der Waals surface area contributed by atoms with Crippen molar-refractivity contribution in [2.75, 3.05) is 7.11 Å². The van der Waals surface area contributed by atoms with Gasteiger partial charge >= 0.3 is 5.97 Å². The van der Waals surface area contributed by atoms with E-state index in [0.29, 0.717) is 0 Å². The largest absolute Gasteiger partial charge is 0.480 e. The summed E-state index contributed by atoms with van der Waals surface area (Å²) in [5.74, 6) is -0.899. The van der Waals surface area contributed by atoms with E-state index in [1.165, 1.54) is 7.11 Å². The van der Waals surface area contributed by atoms with E-state index in [1.54, 1.807) is 6.92 Å². The summed E-state index contributed by atoms with van der Waals surface area (Å²) in [7, 11) is 1.47. The number of carbonyl (C=O) groups is 1. The van der Waals surface area contributed by atoms with Crippen molar-refractivity contribution in [1.82, 2.24) is 0 Å². The molecule has 10 heavy (non-hydrogen) atoms. The molecule has 0 saturated heterocycles. The van der Waals surface area contributed by atoms with Crippen LogP contribution >= 0.6 is 28.3 Å². The lowest BCUT2D eigenvalue weighted by Crippen LogP contribution is -2.27. The van der Waals surface area contributed by atoms with E-state index in [4.69, 9.17) is 9.84 Å². The fourth-order valence-electron chi connectivity index (χ4n) is 0.320. The topological polar surface area (TPSA) is 46.5 Å². The summed E-state index contributed by atoms with van der Waals surface area (Å²) >= 11 is 2.94. The summed E-state index contributed by atoms with van der Waals surface area (Å²) in [5.41, 5.74) is 0. The van der Waals surface area contributed by atoms with Crippen LogP contribution in [0.4, 0.5) is 0 Å². The monoisotopic (exact) mass is 232 g/mol. The van der Waals surface area contributed by atoms with Crippen LogP contribution in [0.2, 0.25) is 0 Å². The minimum Gasteiger partial charge on any atom is -0.480 e. The number of carboxylic acids is 1. The van der Waals surface area contributed by atoms with Gasteiger partial charge in [-0.15, -0.1) is 12.4 Å². The fourth-order valence-corrected chi connectivity index (χ4v) is 0.536. The van der Waals surface area contributed by atoms with Gasteiger partial charge in [0, 0.05) is 7.11 Å². The van der Waals surface area contributed by atoms with Gasteiger partial charge in [0.05, 0.1) is 6.10 Å². The maximum absolute atomic E-state index is 10.2. The fraction of sp³-hybridized carbons (Fsp3) is 0.800. The molecule has 0 radical (unpaired) electrons. The number of rotatable bonds is 3. The zero-order chi connectivity index (χ0) is 7.44. The molecule has 0 rings (SSSR count). The molecule has 2 atom stereocenters. The van der Waals surface area contributed by atoms with Crippen LogP contribution in [0.5, 0.6) is 0 Å². The van der Waals surface area contributed by atoms with E-state index in [-0.39, 0.29) is 18.5 Å². The minimum absolute atomic E-state index is 0. The number of carboxylic acid groups (broad SMARTS) is 1. The Kier molecular flexibility index (Phi) is 7.63. The first-order valence-electron chi connectivity index (χ1n) is 2.49. The Morgan fingerprint density at radius 1 is 1.70 bits per heavy atom. The second kappa shape index (κ2) is 5.95. The second-order valence-corrected chi connectivity index (χ2v) is 2.67. The Morgan fingerprint density at radius 3 is 2.20 bits per heavy atom. The minimum atomic E-state index is -0.899. The van der Waals surface area contributed by atoms with Crippen molar-refractivity contribution < 1.29 is 14.6 Å². The van der Waals surface area contributed by atoms with Crippen LogP contribution in [-0.4, -0.2) is 29.1 Å². The molecule has 0 bridgehead atoms. The average molecular weight is 233 g/mol. The number of halogens is 2. The molecule has 5 heteroatoms. The highest BCUT2D eigenvalue weighted by atomic mass is 79.9. The normalized spacial score (nSPS) is 15.1. The number of hydrogen-bond acceptors (Lipinski definition) is 2. The van der Waals surface area contributed by atoms with Crippen LogP contribution in [0.15, 0.2) is 0 Å². The van der Waals surface area contributed by atoms with Crippen molar-refractivity contribution in [3.63, 3.8) is 0 Å². The summed E-state index contributed by atoms with van der Waals surface area (Å²) in [6.07, 6.45) is -0.289. The summed E-state index contributed by atoms with van der Waals surface area (Å²) in [6, 6.07) is 0. The van der Waals surface area contributed by atoms with E-state index in [1.807, 2.05) is 0 Å². The van der Waals surface area contributed by atoms with Gasteiger partial charge in [0.15, 0.2) is 0 Å². The molecule has 0 aromatic heterocycles. The Morgan fingerprint density at radius 2 is 2.10 bits per heavy atom. The van der Waals surface area contributed by atoms with E-state index >= 15 is 0 Å². The molecule has 3 nitrogen and oxygen atoms in total. The van der Waals surface area contributed by atoms with Gasteiger partial charge < -0.3 is 9.84 Å². The van der Waals surface area contributed by atoms with E-state index in [2.05, 4.69) is 15.9 Å². The highest BCUT2D eigenvalue weighted by molar-refractivity contribution is 9.10. The molecule has 0 saturated carbocycles. The molecular weight excluding hydrogens is 223 g/mol. The number of alkyl halides is 1. The smallest absolute Gasteiger partial charge is 0.319 e. The van der Waals surface area contributed by atoms with Gasteiger partial charge in [0.2, 0.25) is 0 Å². The molecule has 0 heterocycles. The van der Waals surface area contributed by atoms with Crippen LogP contribution in [-0.2, 0) is 9.53 Å². The zero-order valence-corrected chi connectivity index (χ0v) is 8.11. The van der Waals surface area contributed by atoms with Crippen molar-refractivity contribution >= 4 is 34.3 Å². The lowest BCUT2D eigenvalue weighted by molar-refractivity contribution is -0.138. The number of ether oxygens (including phenoxy) is 1. The first kappa shape index (κ1) is 12.8. The third-order valence-corrected chi connectivity index (χ3v) is 2.16. The van der Waals surface area contributed by atoms with E-state index < -0.39 is 10.8 Å². The lowest BCUT2D eigenvalue weighted by Gasteiger charge is -2.11. The van der Waals surface area contributed by atoms with Gasteiger partial charge in [-0.05, 0) is 6.92 Å². The molecule has 0 aliphatic heterocycles. The van der Waals surface area contributed by atoms with E-state index in [9.17, 15) is 4.79 Å². The van der Waals surface area contributed by atoms with Crippen LogP contribution in [0, 0.1) is 0 Å². The second-order valence-electron chi connectivity index (χ2n) is 1.68. The number of methoxy groups -OCH3 is 1. The van der Waals surface area contributed by atoms with Crippen LogP contribution in [0.1, 0.15) is 6.92 Å². The SMILES string of the molecule is COC(C)C(Br)C(=O)O.Cl. The maximum Gasteiger partial charge on any atom is 0.319 e. The third kappa shape index (κ3) is 4.09. The predicted molar refractivity (Wildman–Crippen MR) is 44.1 cm³/mol. The molecule has 0 amide bonds. The van der Waals surface area contributed by atoms with Crippen LogP contribution in [0.25, 0.3) is 0 Å². The van der Waals surface area contributed by atoms with Crippen LogP contribution < -0.4 is 0 Å². The van der Waals surface area contributed by atoms with Gasteiger partial charge in [-0.1, -0.05) is 15.9 Å². The molecule has 0 fully saturated rings. The molecule has 0 aliphatic rings. The zero-order valence-electron chi connectivity index (χ0n) is 5.70. The Labute approximate surface area is 74.3 Å². The third-order valence-electron chi connectivity index (χ3n) is 1.02. The molecule has 62 valence electrons. The van der Waals surface area contributed by atoms with Gasteiger partial charge in [-0.25, -0.2) is 0 Å². The predicted octanol–water partition coefficient (Wildman–Crippen LogP) is 1.29. The van der Waals surface area contributed by atoms with Crippen molar-refractivity contribution in [2.45, 2.75) is 17.9 Å². The standard InChI is InChI=1S/C5H9BrO3.ClH/c1-3(9-2)4(6)5(7)8;/h3-4H,1-2H3,(H,7,8);1H. The van der Waals surface area contributed by atoms with Crippen molar-refractivity contribution in [1.29, 1.82) is 0 Å². The average Bonchev–Trinajstić information content (AvgIpc) is 1.84. The molecule has 1 N–H and O–H groups in total. The summed E-state index contributed by atoms with van der Waals surface area (Å²) in [6.45, 7) is 1.69. The first-order valence-corrected chi connectivity index (χ1v) is 3.40. The molecule has 0 aliphatic carbocycles. The molecule has 0 aromatic rings. The molecule has 0 aromatic carbocycles. The highest BCUT2D eigenvalue weighted by Crippen LogP contribution is 2.07. The molecule has 0 spiro atoms. The highest BCUT2D eigenvalue weighted by Gasteiger charge is 2.20. The maximum atomic E-state index is 10.2. The number of aliphatic carboxylic acids is 1. The van der Waals surface area contributed by atoms with Crippen molar-refractivity contribution in [3.8, 4) is 0 Å². The van der Waals surface area contributed by atoms with E-state index in [0.717, 1.165) is 0 Å². The van der Waals surface area contributed by atoms with Crippen molar-refractivity contribution in [3.05, 3.63) is 0 Å². The summed E-state index contributed by atoms with van der Waals surface area (Å²) in [5, 5.41) is 8.36. The Hall–Kier alpha value is 0.200.